The molecule has 1 aromatic carbocycles. The van der Waals surface area contributed by atoms with Gasteiger partial charge in [0, 0.05) is 25.7 Å². The van der Waals surface area contributed by atoms with E-state index in [0.29, 0.717) is 13.2 Å². The third-order valence-corrected chi connectivity index (χ3v) is 4.53. The van der Waals surface area contributed by atoms with Crippen LogP contribution in [-0.4, -0.2) is 62.3 Å². The molecule has 1 aromatic rings. The van der Waals surface area contributed by atoms with Gasteiger partial charge in [-0.15, -0.1) is 0 Å². The average molecular weight is 346 g/mol. The molecule has 0 saturated heterocycles. The van der Waals surface area contributed by atoms with Crippen LogP contribution >= 0.6 is 0 Å². The molecule has 0 aromatic heterocycles. The van der Waals surface area contributed by atoms with E-state index in [4.69, 9.17) is 9.47 Å². The Bertz CT molecular complexity index is 574. The van der Waals surface area contributed by atoms with E-state index in [1.165, 1.54) is 12.8 Å². The van der Waals surface area contributed by atoms with Gasteiger partial charge in [-0.05, 0) is 38.4 Å². The monoisotopic (exact) mass is 346 g/mol. The second-order valence-electron chi connectivity index (χ2n) is 6.50. The molecular weight excluding hydrogens is 316 g/mol. The first-order valence-electron chi connectivity index (χ1n) is 9.44. The highest BCUT2D eigenvalue weighted by atomic mass is 16.6. The van der Waals surface area contributed by atoms with Gasteiger partial charge in [0.1, 0.15) is 6.61 Å². The number of rotatable bonds is 8. The standard InChI is InChI=1S/C19H30N4O2/c1-3-20-19(21-11-12-23(4-2)15-9-10-15)22-13-16-14-24-17-7-5-6-8-18(17)25-16/h5-8,15-16H,3-4,9-14H2,1-2H3,(H2,20,21,22). The number of guanidine groups is 1. The molecule has 6 heteroatoms. The highest BCUT2D eigenvalue weighted by Gasteiger charge is 2.27. The van der Waals surface area contributed by atoms with Gasteiger partial charge in [0.25, 0.3) is 0 Å². The predicted molar refractivity (Wildman–Crippen MR) is 101 cm³/mol. The molecule has 2 N–H and O–H groups in total. The van der Waals surface area contributed by atoms with E-state index in [1.54, 1.807) is 0 Å². The normalized spacial score (nSPS) is 19.8. The van der Waals surface area contributed by atoms with Crippen molar-refractivity contribution in [3.8, 4) is 11.5 Å². The lowest BCUT2D eigenvalue weighted by Crippen LogP contribution is -2.43. The number of benzene rings is 1. The molecule has 0 spiro atoms. The minimum Gasteiger partial charge on any atom is -0.486 e. The molecule has 1 aliphatic heterocycles. The number of ether oxygens (including phenoxy) is 2. The summed E-state index contributed by atoms with van der Waals surface area (Å²) in [6.07, 6.45) is 2.65. The third kappa shape index (κ3) is 5.26. The summed E-state index contributed by atoms with van der Waals surface area (Å²) in [5, 5.41) is 6.73. The van der Waals surface area contributed by atoms with Crippen LogP contribution in [0.1, 0.15) is 26.7 Å². The Kier molecular flexibility index (Phi) is 6.39. The van der Waals surface area contributed by atoms with Crippen LogP contribution in [0.4, 0.5) is 0 Å². The average Bonchev–Trinajstić information content (AvgIpc) is 3.48. The van der Waals surface area contributed by atoms with E-state index in [9.17, 15) is 0 Å². The van der Waals surface area contributed by atoms with Crippen LogP contribution in [-0.2, 0) is 0 Å². The molecular formula is C19H30N4O2. The molecule has 3 rings (SSSR count). The van der Waals surface area contributed by atoms with Crippen molar-refractivity contribution in [3.05, 3.63) is 24.3 Å². The molecule has 1 saturated carbocycles. The number of hydrogen-bond donors (Lipinski definition) is 2. The predicted octanol–water partition coefficient (Wildman–Crippen LogP) is 1.87. The van der Waals surface area contributed by atoms with Crippen molar-refractivity contribution in [1.29, 1.82) is 0 Å². The summed E-state index contributed by atoms with van der Waals surface area (Å²) in [6.45, 7) is 9.34. The second kappa shape index (κ2) is 8.94. The Balaban J connectivity index is 1.46. The minimum absolute atomic E-state index is 0.0519. The number of fused-ring (bicyclic) bond motifs is 1. The summed E-state index contributed by atoms with van der Waals surface area (Å²) in [5.41, 5.74) is 0. The Hall–Kier alpha value is -1.95. The molecule has 1 atom stereocenters. The Morgan fingerprint density at radius 2 is 2.00 bits per heavy atom. The molecule has 0 bridgehead atoms. The molecule has 1 aliphatic carbocycles. The lowest BCUT2D eigenvalue weighted by molar-refractivity contribution is 0.0971. The Labute approximate surface area is 150 Å². The molecule has 6 nitrogen and oxygen atoms in total. The number of hydrogen-bond acceptors (Lipinski definition) is 4. The zero-order valence-corrected chi connectivity index (χ0v) is 15.3. The van der Waals surface area contributed by atoms with Crippen LogP contribution in [0, 0.1) is 0 Å². The maximum Gasteiger partial charge on any atom is 0.191 e. The second-order valence-corrected chi connectivity index (χ2v) is 6.50. The molecule has 138 valence electrons. The summed E-state index contributed by atoms with van der Waals surface area (Å²) in [4.78, 5) is 7.20. The summed E-state index contributed by atoms with van der Waals surface area (Å²) in [5.74, 6) is 2.46. The molecule has 1 fully saturated rings. The van der Waals surface area contributed by atoms with Crippen molar-refractivity contribution in [2.24, 2.45) is 4.99 Å². The van der Waals surface area contributed by atoms with Crippen LogP contribution < -0.4 is 20.1 Å². The van der Waals surface area contributed by atoms with Gasteiger partial charge in [0.15, 0.2) is 23.6 Å². The van der Waals surface area contributed by atoms with Crippen LogP contribution in [0.15, 0.2) is 29.3 Å². The largest absolute Gasteiger partial charge is 0.486 e. The van der Waals surface area contributed by atoms with Gasteiger partial charge in [0.05, 0.1) is 6.54 Å². The van der Waals surface area contributed by atoms with Crippen LogP contribution in [0.25, 0.3) is 0 Å². The smallest absolute Gasteiger partial charge is 0.191 e. The van der Waals surface area contributed by atoms with Crippen molar-refractivity contribution in [2.75, 3.05) is 39.3 Å². The van der Waals surface area contributed by atoms with Crippen LogP contribution in [0.5, 0.6) is 11.5 Å². The highest BCUT2D eigenvalue weighted by molar-refractivity contribution is 5.79. The molecule has 1 heterocycles. The molecule has 0 amide bonds. The molecule has 2 aliphatic rings. The van der Waals surface area contributed by atoms with E-state index in [-0.39, 0.29) is 6.10 Å². The van der Waals surface area contributed by atoms with Crippen LogP contribution in [0.3, 0.4) is 0 Å². The van der Waals surface area contributed by atoms with Gasteiger partial charge >= 0.3 is 0 Å². The maximum absolute atomic E-state index is 5.96. The topological polar surface area (TPSA) is 58.1 Å². The first kappa shape index (κ1) is 17.9. The lowest BCUT2D eigenvalue weighted by atomic mass is 10.2. The number of para-hydroxylation sites is 2. The molecule has 0 radical (unpaired) electrons. The minimum atomic E-state index is -0.0519. The summed E-state index contributed by atoms with van der Waals surface area (Å²) in [7, 11) is 0. The van der Waals surface area contributed by atoms with Gasteiger partial charge in [-0.25, -0.2) is 4.99 Å². The first-order chi connectivity index (χ1) is 12.3. The van der Waals surface area contributed by atoms with E-state index in [2.05, 4.69) is 34.4 Å². The number of nitrogens with zero attached hydrogens (tertiary/aromatic N) is 2. The van der Waals surface area contributed by atoms with E-state index in [1.807, 2.05) is 24.3 Å². The van der Waals surface area contributed by atoms with Crippen molar-refractivity contribution in [3.63, 3.8) is 0 Å². The number of nitrogens with one attached hydrogen (secondary N) is 2. The SMILES string of the molecule is CCNC(=NCC1COc2ccccc2O1)NCCN(CC)C1CC1. The first-order valence-corrected chi connectivity index (χ1v) is 9.44. The van der Waals surface area contributed by atoms with Gasteiger partial charge in [-0.2, -0.15) is 0 Å². The van der Waals surface area contributed by atoms with E-state index in [0.717, 1.165) is 49.7 Å². The maximum atomic E-state index is 5.96. The van der Waals surface area contributed by atoms with Gasteiger partial charge in [-0.3, -0.25) is 4.90 Å². The number of aliphatic imine (C=N–C) groups is 1. The van der Waals surface area contributed by atoms with Gasteiger partial charge < -0.3 is 20.1 Å². The van der Waals surface area contributed by atoms with Gasteiger partial charge in [0.2, 0.25) is 0 Å². The highest BCUT2D eigenvalue weighted by Crippen LogP contribution is 2.30. The Morgan fingerprint density at radius 1 is 1.20 bits per heavy atom. The number of likely N-dealkylation sites (N-methyl/N-ethyl adjacent to an activating group) is 1. The molecule has 1 unspecified atom stereocenters. The fourth-order valence-electron chi connectivity index (χ4n) is 3.04. The zero-order valence-electron chi connectivity index (χ0n) is 15.3. The van der Waals surface area contributed by atoms with E-state index < -0.39 is 0 Å². The quantitative estimate of drug-likeness (QED) is 0.556. The summed E-state index contributed by atoms with van der Waals surface area (Å²) >= 11 is 0. The van der Waals surface area contributed by atoms with Crippen molar-refractivity contribution in [1.82, 2.24) is 15.5 Å². The van der Waals surface area contributed by atoms with Crippen LogP contribution in [0.2, 0.25) is 0 Å². The van der Waals surface area contributed by atoms with Crippen molar-refractivity contribution in [2.45, 2.75) is 38.8 Å². The Morgan fingerprint density at radius 3 is 2.72 bits per heavy atom. The summed E-state index contributed by atoms with van der Waals surface area (Å²) in [6, 6.07) is 8.58. The van der Waals surface area contributed by atoms with Crippen molar-refractivity contribution >= 4 is 5.96 Å². The fourth-order valence-corrected chi connectivity index (χ4v) is 3.04. The van der Waals surface area contributed by atoms with Crippen molar-refractivity contribution < 1.29 is 9.47 Å². The zero-order chi connectivity index (χ0) is 17.5. The van der Waals surface area contributed by atoms with E-state index >= 15 is 0 Å². The third-order valence-electron chi connectivity index (χ3n) is 4.53. The summed E-state index contributed by atoms with van der Waals surface area (Å²) < 4.78 is 11.7. The lowest BCUT2D eigenvalue weighted by Gasteiger charge is -2.25. The molecule has 25 heavy (non-hydrogen) atoms. The fraction of sp³-hybridized carbons (Fsp3) is 0.632. The van der Waals surface area contributed by atoms with Gasteiger partial charge in [-0.1, -0.05) is 19.1 Å².